The maximum Gasteiger partial charge on any atom is 0.280 e. The van der Waals surface area contributed by atoms with Crippen molar-refractivity contribution in [3.05, 3.63) is 90.0 Å². The molecule has 0 spiro atoms. The molecule has 164 valence electrons. The molecule has 0 unspecified atom stereocenters. The van der Waals surface area contributed by atoms with Crippen molar-refractivity contribution < 1.29 is 18.6 Å². The molecular formula is C22H20F2N6O2. The normalized spacial score (nSPS) is 10.9. The van der Waals surface area contributed by atoms with E-state index < -0.39 is 23.1 Å². The molecule has 0 heterocycles. The number of fused-ring (bicyclic) bond motifs is 1. The predicted octanol–water partition coefficient (Wildman–Crippen LogP) is 2.87. The first kappa shape index (κ1) is 23.7. The molecule has 0 aliphatic carbocycles. The molecule has 3 rings (SSSR count). The maximum atomic E-state index is 11.8. The quantitative estimate of drug-likeness (QED) is 0.249. The van der Waals surface area contributed by atoms with Crippen molar-refractivity contribution >= 4 is 40.6 Å². The van der Waals surface area contributed by atoms with Crippen molar-refractivity contribution in [1.82, 2.24) is 5.34 Å². The van der Waals surface area contributed by atoms with Crippen LogP contribution < -0.4 is 17.2 Å². The van der Waals surface area contributed by atoms with E-state index in [0.29, 0.717) is 5.56 Å². The molecule has 0 aliphatic heterocycles. The number of nitrogens with zero attached hydrogens (tertiary/aromatic N) is 3. The number of benzene rings is 3. The smallest absolute Gasteiger partial charge is 0.280 e. The highest BCUT2D eigenvalue weighted by Gasteiger charge is 2.08. The van der Waals surface area contributed by atoms with Crippen molar-refractivity contribution in [3.8, 4) is 0 Å². The lowest BCUT2D eigenvalue weighted by molar-refractivity contribution is -0.114. The Morgan fingerprint density at radius 2 is 1.44 bits per heavy atom. The third-order valence-corrected chi connectivity index (χ3v) is 3.87. The van der Waals surface area contributed by atoms with Gasteiger partial charge >= 0.3 is 0 Å². The Kier molecular flexibility index (Phi) is 8.55. The van der Waals surface area contributed by atoms with Crippen LogP contribution in [0.2, 0.25) is 0 Å². The number of amides is 2. The average Bonchev–Trinajstić information content (AvgIpc) is 2.78. The van der Waals surface area contributed by atoms with Crippen molar-refractivity contribution in [2.24, 2.45) is 27.2 Å². The number of carbonyl (C=O) groups excluding carboxylic acids is 2. The van der Waals surface area contributed by atoms with Gasteiger partial charge in [0.25, 0.3) is 17.8 Å². The van der Waals surface area contributed by atoms with E-state index in [1.807, 2.05) is 36.4 Å². The third kappa shape index (κ3) is 7.34. The zero-order valence-corrected chi connectivity index (χ0v) is 16.7. The van der Waals surface area contributed by atoms with Gasteiger partial charge in [-0.3, -0.25) is 9.59 Å². The third-order valence-electron chi connectivity index (χ3n) is 3.87. The molecule has 3 aromatic carbocycles. The molecule has 0 fully saturated rings. The summed E-state index contributed by atoms with van der Waals surface area (Å²) in [5.41, 5.74) is 16.4. The number of rotatable bonds is 3. The standard InChI is InChI=1S/C12H11N3O.C10H9F2N3O/c13-12(14)15-11(16)10-7-3-5-8-4-1-2-6-9(8)10;11-15(12)10(13)14-9(16)7-6-8-4-2-1-3-5-8/h1-7H,(H4,13,14,15,16);1-7H,(H2,13,14,16). The van der Waals surface area contributed by atoms with E-state index in [9.17, 15) is 18.6 Å². The Morgan fingerprint density at radius 1 is 0.812 bits per heavy atom. The van der Waals surface area contributed by atoms with Crippen molar-refractivity contribution in [3.63, 3.8) is 0 Å². The summed E-state index contributed by atoms with van der Waals surface area (Å²) in [5, 5.41) is 0.410. The first-order chi connectivity index (χ1) is 15.3. The minimum atomic E-state index is -1.42. The fourth-order valence-corrected chi connectivity index (χ4v) is 2.51. The summed E-state index contributed by atoms with van der Waals surface area (Å²) >= 11 is 0. The molecule has 0 aromatic heterocycles. The fraction of sp³-hybridized carbons (Fsp3) is 0. The van der Waals surface area contributed by atoms with Crippen LogP contribution in [0.4, 0.5) is 8.96 Å². The molecule has 32 heavy (non-hydrogen) atoms. The van der Waals surface area contributed by atoms with E-state index in [2.05, 4.69) is 9.98 Å². The zero-order valence-electron chi connectivity index (χ0n) is 16.7. The number of hydrogen-bond acceptors (Lipinski definition) is 2. The van der Waals surface area contributed by atoms with E-state index in [0.717, 1.165) is 22.4 Å². The number of halogens is 2. The summed E-state index contributed by atoms with van der Waals surface area (Å²) in [4.78, 5) is 29.2. The first-order valence-electron chi connectivity index (χ1n) is 9.12. The Labute approximate surface area is 182 Å². The highest BCUT2D eigenvalue weighted by molar-refractivity contribution is 6.10. The lowest BCUT2D eigenvalue weighted by Crippen LogP contribution is -2.25. The van der Waals surface area contributed by atoms with Crippen LogP contribution in [-0.4, -0.2) is 29.1 Å². The number of aliphatic imine (C=N–C) groups is 2. The first-order valence-corrected chi connectivity index (χ1v) is 9.12. The van der Waals surface area contributed by atoms with E-state index in [-0.39, 0.29) is 5.96 Å². The van der Waals surface area contributed by atoms with Crippen LogP contribution in [-0.2, 0) is 4.79 Å². The second kappa shape index (κ2) is 11.6. The number of carbonyl (C=O) groups is 2. The van der Waals surface area contributed by atoms with Crippen molar-refractivity contribution in [2.75, 3.05) is 0 Å². The Hall–Kier alpha value is -4.60. The summed E-state index contributed by atoms with van der Waals surface area (Å²) in [6, 6.07) is 21.9. The molecule has 0 radical (unpaired) electrons. The van der Waals surface area contributed by atoms with Crippen LogP contribution in [0.25, 0.3) is 16.8 Å². The van der Waals surface area contributed by atoms with Crippen LogP contribution in [0.3, 0.4) is 0 Å². The number of hydrogen-bond donors (Lipinski definition) is 3. The van der Waals surface area contributed by atoms with Crippen LogP contribution in [0.15, 0.2) is 88.9 Å². The Bertz CT molecular complexity index is 1170. The largest absolute Gasteiger partial charge is 0.370 e. The topological polar surface area (TPSA) is 140 Å². The van der Waals surface area contributed by atoms with Crippen LogP contribution in [0.1, 0.15) is 15.9 Å². The van der Waals surface area contributed by atoms with E-state index in [1.165, 1.54) is 6.08 Å². The fourth-order valence-electron chi connectivity index (χ4n) is 2.51. The van der Waals surface area contributed by atoms with Gasteiger partial charge in [0.05, 0.1) is 0 Å². The predicted molar refractivity (Wildman–Crippen MR) is 120 cm³/mol. The molecule has 10 heteroatoms. The van der Waals surface area contributed by atoms with Gasteiger partial charge in [-0.05, 0) is 33.8 Å². The highest BCUT2D eigenvalue weighted by atomic mass is 19.4. The second-order valence-corrected chi connectivity index (χ2v) is 6.15. The monoisotopic (exact) mass is 438 g/mol. The molecule has 6 N–H and O–H groups in total. The number of nitrogens with two attached hydrogens (primary N) is 3. The molecular weight excluding hydrogens is 418 g/mol. The molecule has 0 bridgehead atoms. The van der Waals surface area contributed by atoms with Gasteiger partial charge in [0, 0.05) is 11.6 Å². The van der Waals surface area contributed by atoms with Gasteiger partial charge in [-0.15, -0.1) is 0 Å². The Balaban J connectivity index is 0.000000227. The van der Waals surface area contributed by atoms with Gasteiger partial charge in [0.2, 0.25) is 0 Å². The second-order valence-electron chi connectivity index (χ2n) is 6.15. The van der Waals surface area contributed by atoms with Crippen LogP contribution in [0, 0.1) is 0 Å². The molecule has 3 aromatic rings. The summed E-state index contributed by atoms with van der Waals surface area (Å²) < 4.78 is 23.5. The highest BCUT2D eigenvalue weighted by Crippen LogP contribution is 2.19. The number of guanidine groups is 2. The van der Waals surface area contributed by atoms with Crippen LogP contribution >= 0.6 is 0 Å². The molecule has 0 aliphatic rings. The lowest BCUT2D eigenvalue weighted by Gasteiger charge is -2.02. The molecule has 0 saturated carbocycles. The van der Waals surface area contributed by atoms with E-state index >= 15 is 0 Å². The zero-order chi connectivity index (χ0) is 23.5. The molecule has 0 atom stereocenters. The Morgan fingerprint density at radius 3 is 2.09 bits per heavy atom. The van der Waals surface area contributed by atoms with Gasteiger partial charge in [-0.25, -0.2) is 0 Å². The summed E-state index contributed by atoms with van der Waals surface area (Å²) in [7, 11) is 0. The maximum absolute atomic E-state index is 11.8. The van der Waals surface area contributed by atoms with Gasteiger partial charge in [0.1, 0.15) is 0 Å². The average molecular weight is 438 g/mol. The van der Waals surface area contributed by atoms with Crippen molar-refractivity contribution in [2.45, 2.75) is 0 Å². The molecule has 0 saturated heterocycles. The summed E-state index contributed by atoms with van der Waals surface area (Å²) in [6.45, 7) is 0. The minimum Gasteiger partial charge on any atom is -0.370 e. The van der Waals surface area contributed by atoms with E-state index in [1.54, 1.807) is 36.4 Å². The van der Waals surface area contributed by atoms with Gasteiger partial charge in [-0.2, -0.15) is 9.98 Å². The van der Waals surface area contributed by atoms with Crippen molar-refractivity contribution in [1.29, 1.82) is 0 Å². The molecule has 8 nitrogen and oxygen atoms in total. The summed E-state index contributed by atoms with van der Waals surface area (Å²) in [5.74, 6) is -2.63. The van der Waals surface area contributed by atoms with Gasteiger partial charge in [0.15, 0.2) is 5.96 Å². The van der Waals surface area contributed by atoms with Crippen LogP contribution in [0.5, 0.6) is 0 Å². The van der Waals surface area contributed by atoms with Gasteiger partial charge in [-0.1, -0.05) is 75.7 Å². The van der Waals surface area contributed by atoms with Gasteiger partial charge < -0.3 is 17.2 Å². The minimum absolute atomic E-state index is 0.224. The SMILES string of the molecule is NC(=NC(=O)C=Cc1ccccc1)N(F)F.NC(N)=NC(=O)c1cccc2ccccc12. The summed E-state index contributed by atoms with van der Waals surface area (Å²) in [6.07, 6.45) is 2.52. The lowest BCUT2D eigenvalue weighted by atomic mass is 10.0. The van der Waals surface area contributed by atoms with E-state index in [4.69, 9.17) is 17.2 Å². The molecule has 2 amide bonds.